The number of ether oxygens (including phenoxy) is 1. The van der Waals surface area contributed by atoms with E-state index < -0.39 is 10.0 Å². The van der Waals surface area contributed by atoms with Crippen molar-refractivity contribution in [2.24, 2.45) is 0 Å². The third kappa shape index (κ3) is 3.65. The summed E-state index contributed by atoms with van der Waals surface area (Å²) in [6, 6.07) is 14.4. The van der Waals surface area contributed by atoms with Gasteiger partial charge in [-0.2, -0.15) is 0 Å². The quantitative estimate of drug-likeness (QED) is 0.935. The molecule has 1 heterocycles. The highest BCUT2D eigenvalue weighted by atomic mass is 32.2. The van der Waals surface area contributed by atoms with Gasteiger partial charge in [0.1, 0.15) is 0 Å². The highest BCUT2D eigenvalue weighted by molar-refractivity contribution is 7.92. The van der Waals surface area contributed by atoms with Crippen LogP contribution in [0.4, 0.5) is 11.4 Å². The van der Waals surface area contributed by atoms with E-state index in [0.29, 0.717) is 10.6 Å². The van der Waals surface area contributed by atoms with Gasteiger partial charge in [-0.1, -0.05) is 18.2 Å². The maximum absolute atomic E-state index is 12.5. The zero-order chi connectivity index (χ0) is 16.3. The number of aryl methyl sites for hydroxylation is 1. The Hall–Kier alpha value is -2.05. The van der Waals surface area contributed by atoms with Gasteiger partial charge in [0.2, 0.25) is 0 Å². The Balaban J connectivity index is 1.76. The summed E-state index contributed by atoms with van der Waals surface area (Å²) in [5.74, 6) is 0. The Morgan fingerprint density at radius 2 is 1.65 bits per heavy atom. The van der Waals surface area contributed by atoms with E-state index in [1.807, 2.05) is 18.2 Å². The van der Waals surface area contributed by atoms with Crippen LogP contribution in [-0.4, -0.2) is 34.7 Å². The zero-order valence-corrected chi connectivity index (χ0v) is 13.8. The molecule has 1 saturated heterocycles. The fourth-order valence-corrected chi connectivity index (χ4v) is 3.94. The largest absolute Gasteiger partial charge is 0.378 e. The summed E-state index contributed by atoms with van der Waals surface area (Å²) in [6.45, 7) is 4.95. The van der Waals surface area contributed by atoms with Crippen LogP contribution in [0.5, 0.6) is 0 Å². The molecule has 0 aromatic heterocycles. The Bertz CT molecular complexity index is 767. The number of hydrogen-bond acceptors (Lipinski definition) is 4. The lowest BCUT2D eigenvalue weighted by Gasteiger charge is -2.28. The fourth-order valence-electron chi connectivity index (χ4n) is 2.63. The molecule has 2 aromatic carbocycles. The first-order valence-electron chi connectivity index (χ1n) is 7.57. The van der Waals surface area contributed by atoms with Gasteiger partial charge >= 0.3 is 0 Å². The minimum Gasteiger partial charge on any atom is -0.378 e. The Kier molecular flexibility index (Phi) is 4.54. The molecule has 0 saturated carbocycles. The number of morpholine rings is 1. The first-order valence-corrected chi connectivity index (χ1v) is 9.06. The Morgan fingerprint density at radius 3 is 2.30 bits per heavy atom. The molecule has 0 atom stereocenters. The second kappa shape index (κ2) is 6.60. The van der Waals surface area contributed by atoms with E-state index in [1.54, 1.807) is 37.3 Å². The maximum atomic E-state index is 12.5. The average Bonchev–Trinajstić information content (AvgIpc) is 2.56. The monoisotopic (exact) mass is 332 g/mol. The third-order valence-electron chi connectivity index (χ3n) is 3.88. The minimum atomic E-state index is -3.57. The van der Waals surface area contributed by atoms with Gasteiger partial charge in [-0.15, -0.1) is 0 Å². The summed E-state index contributed by atoms with van der Waals surface area (Å²) < 4.78 is 32.9. The molecule has 5 nitrogen and oxygen atoms in total. The predicted octanol–water partition coefficient (Wildman–Crippen LogP) is 2.63. The number of hydrogen-bond donors (Lipinski definition) is 1. The van der Waals surface area contributed by atoms with E-state index >= 15 is 0 Å². The molecule has 3 rings (SSSR count). The van der Waals surface area contributed by atoms with Crippen molar-refractivity contribution in [3.63, 3.8) is 0 Å². The van der Waals surface area contributed by atoms with E-state index in [9.17, 15) is 8.42 Å². The third-order valence-corrected chi connectivity index (χ3v) is 5.42. The molecule has 0 radical (unpaired) electrons. The second-order valence-electron chi connectivity index (χ2n) is 5.52. The molecule has 23 heavy (non-hydrogen) atoms. The van der Waals surface area contributed by atoms with Crippen LogP contribution in [0.3, 0.4) is 0 Å². The first kappa shape index (κ1) is 15.8. The first-order chi connectivity index (χ1) is 11.1. The summed E-state index contributed by atoms with van der Waals surface area (Å²) >= 11 is 0. The molecular weight excluding hydrogens is 312 g/mol. The molecule has 0 unspecified atom stereocenters. The normalized spacial score (nSPS) is 15.4. The molecule has 1 aliphatic heterocycles. The average molecular weight is 332 g/mol. The highest BCUT2D eigenvalue weighted by Gasteiger charge is 2.17. The number of nitrogens with one attached hydrogen (secondary N) is 1. The predicted molar refractivity (Wildman–Crippen MR) is 91.5 cm³/mol. The molecule has 1 N–H and O–H groups in total. The van der Waals surface area contributed by atoms with Gasteiger partial charge in [0.25, 0.3) is 10.0 Å². The Labute approximate surface area is 136 Å². The minimum absolute atomic E-state index is 0.303. The van der Waals surface area contributed by atoms with E-state index in [4.69, 9.17) is 4.74 Å². The molecular formula is C17H20N2O3S. The van der Waals surface area contributed by atoms with Gasteiger partial charge in [0.15, 0.2) is 0 Å². The molecule has 0 bridgehead atoms. The van der Waals surface area contributed by atoms with Crippen LogP contribution in [0.2, 0.25) is 0 Å². The number of nitrogens with zero attached hydrogens (tertiary/aromatic N) is 1. The van der Waals surface area contributed by atoms with Gasteiger partial charge < -0.3 is 9.64 Å². The van der Waals surface area contributed by atoms with Gasteiger partial charge in [-0.3, -0.25) is 4.72 Å². The lowest BCUT2D eigenvalue weighted by Crippen LogP contribution is -2.36. The van der Waals surface area contributed by atoms with Crippen LogP contribution in [0.15, 0.2) is 53.4 Å². The molecule has 1 aliphatic rings. The SMILES string of the molecule is Cc1ccccc1S(=O)(=O)Nc1ccc(N2CCOCC2)cc1. The summed E-state index contributed by atoms with van der Waals surface area (Å²) in [4.78, 5) is 2.53. The standard InChI is InChI=1S/C17H20N2O3S/c1-14-4-2-3-5-17(14)23(20,21)18-15-6-8-16(9-7-15)19-10-12-22-13-11-19/h2-9,18H,10-13H2,1H3. The van der Waals surface area contributed by atoms with Crippen molar-refractivity contribution in [3.05, 3.63) is 54.1 Å². The van der Waals surface area contributed by atoms with Gasteiger partial charge in [0, 0.05) is 24.5 Å². The second-order valence-corrected chi connectivity index (χ2v) is 7.17. The zero-order valence-electron chi connectivity index (χ0n) is 13.0. The van der Waals surface area contributed by atoms with Crippen LogP contribution in [0, 0.1) is 6.92 Å². The molecule has 0 aliphatic carbocycles. The lowest BCUT2D eigenvalue weighted by atomic mass is 10.2. The molecule has 1 fully saturated rings. The van der Waals surface area contributed by atoms with Crippen molar-refractivity contribution < 1.29 is 13.2 Å². The van der Waals surface area contributed by atoms with Crippen molar-refractivity contribution in [1.29, 1.82) is 0 Å². The van der Waals surface area contributed by atoms with Crippen LogP contribution >= 0.6 is 0 Å². The van der Waals surface area contributed by atoms with Gasteiger partial charge in [0.05, 0.1) is 18.1 Å². The smallest absolute Gasteiger partial charge is 0.262 e. The number of sulfonamides is 1. The van der Waals surface area contributed by atoms with Crippen LogP contribution in [0.25, 0.3) is 0 Å². The number of rotatable bonds is 4. The summed E-state index contributed by atoms with van der Waals surface area (Å²) in [6.07, 6.45) is 0. The topological polar surface area (TPSA) is 58.6 Å². The molecule has 0 amide bonds. The lowest BCUT2D eigenvalue weighted by molar-refractivity contribution is 0.122. The molecule has 6 heteroatoms. The van der Waals surface area contributed by atoms with E-state index in [0.717, 1.165) is 37.6 Å². The van der Waals surface area contributed by atoms with E-state index in [2.05, 4.69) is 9.62 Å². The van der Waals surface area contributed by atoms with Crippen LogP contribution < -0.4 is 9.62 Å². The molecule has 0 spiro atoms. The highest BCUT2D eigenvalue weighted by Crippen LogP contribution is 2.22. The van der Waals surface area contributed by atoms with Crippen molar-refractivity contribution in [1.82, 2.24) is 0 Å². The van der Waals surface area contributed by atoms with Gasteiger partial charge in [-0.25, -0.2) is 8.42 Å². The number of anilines is 2. The van der Waals surface area contributed by atoms with Crippen molar-refractivity contribution in [3.8, 4) is 0 Å². The fraction of sp³-hybridized carbons (Fsp3) is 0.294. The van der Waals surface area contributed by atoms with Crippen LogP contribution in [-0.2, 0) is 14.8 Å². The van der Waals surface area contributed by atoms with E-state index in [-0.39, 0.29) is 0 Å². The molecule has 122 valence electrons. The maximum Gasteiger partial charge on any atom is 0.262 e. The summed E-state index contributed by atoms with van der Waals surface area (Å²) in [7, 11) is -3.57. The Morgan fingerprint density at radius 1 is 1.00 bits per heavy atom. The molecule has 2 aromatic rings. The van der Waals surface area contributed by atoms with Crippen molar-refractivity contribution in [2.75, 3.05) is 35.9 Å². The number of benzene rings is 2. The summed E-state index contributed by atoms with van der Waals surface area (Å²) in [5, 5.41) is 0. The van der Waals surface area contributed by atoms with Gasteiger partial charge in [-0.05, 0) is 42.8 Å². The van der Waals surface area contributed by atoms with Crippen molar-refractivity contribution in [2.45, 2.75) is 11.8 Å². The van der Waals surface area contributed by atoms with E-state index in [1.165, 1.54) is 0 Å². The van der Waals surface area contributed by atoms with Crippen LogP contribution in [0.1, 0.15) is 5.56 Å². The van der Waals surface area contributed by atoms with Crippen molar-refractivity contribution >= 4 is 21.4 Å². The summed E-state index contributed by atoms with van der Waals surface area (Å²) in [5.41, 5.74) is 2.36.